The summed E-state index contributed by atoms with van der Waals surface area (Å²) in [5.41, 5.74) is -0.0553. The lowest BCUT2D eigenvalue weighted by atomic mass is 10.0. The number of halogens is 7. The van der Waals surface area contributed by atoms with E-state index < -0.39 is 12.2 Å². The highest BCUT2D eigenvalue weighted by atomic mass is 35.5. The number of piperazine rings is 1. The van der Waals surface area contributed by atoms with Gasteiger partial charge in [0, 0.05) is 41.8 Å². The van der Waals surface area contributed by atoms with Gasteiger partial charge in [0.05, 0.1) is 0 Å². The minimum Gasteiger partial charge on any atom is -0.314 e. The Morgan fingerprint density at radius 1 is 1.05 bits per heavy atom. The van der Waals surface area contributed by atoms with E-state index in [-0.39, 0.29) is 40.4 Å². The van der Waals surface area contributed by atoms with Crippen molar-refractivity contribution in [2.45, 2.75) is 12.2 Å². The monoisotopic (exact) mass is 384 g/mol. The highest BCUT2D eigenvalue weighted by Crippen LogP contribution is 2.43. The van der Waals surface area contributed by atoms with E-state index in [4.69, 9.17) is 23.2 Å². The first-order chi connectivity index (χ1) is 8.91. The Balaban J connectivity index is 0.00000200. The second-order valence-electron chi connectivity index (χ2n) is 4.37. The van der Waals surface area contributed by atoms with Gasteiger partial charge in [0.25, 0.3) is 0 Å². The Hall–Kier alpha value is 0.0900. The molecular formula is C12H15Cl4F3N2. The van der Waals surface area contributed by atoms with Gasteiger partial charge in [-0.3, -0.25) is 4.90 Å². The molecule has 2 rings (SSSR count). The molecule has 122 valence electrons. The number of hydrogen-bond acceptors (Lipinski definition) is 2. The van der Waals surface area contributed by atoms with Crippen molar-refractivity contribution in [3.8, 4) is 0 Å². The third-order valence-corrected chi connectivity index (χ3v) is 3.76. The van der Waals surface area contributed by atoms with Gasteiger partial charge in [-0.1, -0.05) is 29.3 Å². The first kappa shape index (κ1) is 21.1. The van der Waals surface area contributed by atoms with Gasteiger partial charge in [-0.05, 0) is 12.1 Å². The Morgan fingerprint density at radius 2 is 1.52 bits per heavy atom. The molecular weight excluding hydrogens is 371 g/mol. The maximum Gasteiger partial charge on any atom is 0.408 e. The summed E-state index contributed by atoms with van der Waals surface area (Å²) in [7, 11) is 0. The number of benzene rings is 1. The van der Waals surface area contributed by atoms with Crippen LogP contribution in [0, 0.1) is 0 Å². The Labute approximate surface area is 143 Å². The zero-order chi connectivity index (χ0) is 14.0. The van der Waals surface area contributed by atoms with E-state index >= 15 is 0 Å². The fourth-order valence-electron chi connectivity index (χ4n) is 2.27. The fourth-order valence-corrected chi connectivity index (χ4v) is 2.87. The van der Waals surface area contributed by atoms with Gasteiger partial charge in [-0.2, -0.15) is 13.2 Å². The van der Waals surface area contributed by atoms with Crippen LogP contribution in [-0.4, -0.2) is 37.3 Å². The Kier molecular flexibility index (Phi) is 8.69. The summed E-state index contributed by atoms with van der Waals surface area (Å²) in [6, 6.07) is 2.66. The number of nitrogens with zero attached hydrogens (tertiary/aromatic N) is 1. The van der Waals surface area contributed by atoms with Crippen LogP contribution in [0.5, 0.6) is 0 Å². The van der Waals surface area contributed by atoms with Crippen LogP contribution >= 0.6 is 48.0 Å². The average Bonchev–Trinajstić information content (AvgIpc) is 2.33. The predicted octanol–water partition coefficient (Wildman–Crippen LogP) is 4.35. The van der Waals surface area contributed by atoms with Crippen molar-refractivity contribution in [3.05, 3.63) is 33.8 Å². The van der Waals surface area contributed by atoms with Crippen LogP contribution in [-0.2, 0) is 0 Å². The van der Waals surface area contributed by atoms with E-state index in [1.54, 1.807) is 6.07 Å². The number of nitrogens with one attached hydrogen (secondary N) is 1. The van der Waals surface area contributed by atoms with Crippen LogP contribution in [0.2, 0.25) is 10.0 Å². The lowest BCUT2D eigenvalue weighted by Crippen LogP contribution is -2.49. The average molecular weight is 386 g/mol. The van der Waals surface area contributed by atoms with Crippen LogP contribution in [0.25, 0.3) is 0 Å². The van der Waals surface area contributed by atoms with E-state index in [1.165, 1.54) is 17.0 Å². The van der Waals surface area contributed by atoms with Crippen molar-refractivity contribution in [2.75, 3.05) is 26.2 Å². The molecule has 0 bridgehead atoms. The number of rotatable bonds is 2. The molecule has 0 radical (unpaired) electrons. The quantitative estimate of drug-likeness (QED) is 0.814. The molecule has 21 heavy (non-hydrogen) atoms. The molecule has 1 N–H and O–H groups in total. The van der Waals surface area contributed by atoms with Crippen LogP contribution in [0.3, 0.4) is 0 Å². The van der Waals surface area contributed by atoms with E-state index in [0.717, 1.165) is 0 Å². The van der Waals surface area contributed by atoms with Crippen molar-refractivity contribution in [3.63, 3.8) is 0 Å². The molecule has 0 amide bonds. The topological polar surface area (TPSA) is 15.3 Å². The smallest absolute Gasteiger partial charge is 0.314 e. The molecule has 1 aliphatic rings. The molecule has 1 aliphatic heterocycles. The predicted molar refractivity (Wildman–Crippen MR) is 84.2 cm³/mol. The van der Waals surface area contributed by atoms with E-state index in [2.05, 4.69) is 5.32 Å². The second kappa shape index (κ2) is 8.65. The molecule has 0 saturated carbocycles. The third kappa shape index (κ3) is 5.05. The molecule has 1 fully saturated rings. The molecule has 0 spiro atoms. The molecule has 1 aromatic carbocycles. The summed E-state index contributed by atoms with van der Waals surface area (Å²) in [6.45, 7) is 1.67. The molecule has 0 unspecified atom stereocenters. The van der Waals surface area contributed by atoms with Gasteiger partial charge in [0.15, 0.2) is 0 Å². The van der Waals surface area contributed by atoms with E-state index in [0.29, 0.717) is 26.2 Å². The molecule has 1 saturated heterocycles. The van der Waals surface area contributed by atoms with Crippen molar-refractivity contribution >= 4 is 48.0 Å². The molecule has 2 nitrogen and oxygen atoms in total. The van der Waals surface area contributed by atoms with E-state index in [9.17, 15) is 13.2 Å². The first-order valence-corrected chi connectivity index (χ1v) is 6.62. The summed E-state index contributed by atoms with van der Waals surface area (Å²) in [4.78, 5) is 1.36. The number of hydrogen-bond donors (Lipinski definition) is 1. The van der Waals surface area contributed by atoms with Crippen LogP contribution < -0.4 is 5.32 Å². The van der Waals surface area contributed by atoms with Crippen LogP contribution in [0.15, 0.2) is 18.2 Å². The van der Waals surface area contributed by atoms with Crippen LogP contribution in [0.4, 0.5) is 13.2 Å². The molecule has 0 aliphatic carbocycles. The standard InChI is InChI=1S/C12H13Cl2F3N2.2ClH/c13-8-2-1-3-9(14)10(8)11(12(15,16)17)19-6-4-18-5-7-19;;/h1-3,11,18H,4-7H2;2*1H/t11-;;/m0../s1. The Morgan fingerprint density at radius 3 is 1.95 bits per heavy atom. The summed E-state index contributed by atoms with van der Waals surface area (Å²) in [5, 5.41) is 3.13. The first-order valence-electron chi connectivity index (χ1n) is 5.86. The van der Waals surface area contributed by atoms with Gasteiger partial charge < -0.3 is 5.32 Å². The van der Waals surface area contributed by atoms with Crippen molar-refractivity contribution in [2.24, 2.45) is 0 Å². The van der Waals surface area contributed by atoms with Gasteiger partial charge in [0.1, 0.15) is 6.04 Å². The van der Waals surface area contributed by atoms with Crippen molar-refractivity contribution in [1.29, 1.82) is 0 Å². The molecule has 1 aromatic rings. The van der Waals surface area contributed by atoms with E-state index in [1.807, 2.05) is 0 Å². The highest BCUT2D eigenvalue weighted by Gasteiger charge is 2.46. The lowest BCUT2D eigenvalue weighted by molar-refractivity contribution is -0.187. The largest absolute Gasteiger partial charge is 0.408 e. The summed E-state index contributed by atoms with van der Waals surface area (Å²) < 4.78 is 40.1. The maximum absolute atomic E-state index is 13.4. The molecule has 1 heterocycles. The fraction of sp³-hybridized carbons (Fsp3) is 0.500. The minimum absolute atomic E-state index is 0. The zero-order valence-electron chi connectivity index (χ0n) is 10.8. The minimum atomic E-state index is -4.41. The van der Waals surface area contributed by atoms with Gasteiger partial charge in [0.2, 0.25) is 0 Å². The number of alkyl halides is 3. The summed E-state index contributed by atoms with van der Waals surface area (Å²) in [6.07, 6.45) is -4.41. The lowest BCUT2D eigenvalue weighted by Gasteiger charge is -2.36. The van der Waals surface area contributed by atoms with Crippen molar-refractivity contribution < 1.29 is 13.2 Å². The highest BCUT2D eigenvalue weighted by molar-refractivity contribution is 6.36. The molecule has 9 heteroatoms. The zero-order valence-corrected chi connectivity index (χ0v) is 13.9. The normalized spacial score (nSPS) is 17.6. The van der Waals surface area contributed by atoms with Gasteiger partial charge >= 0.3 is 6.18 Å². The third-order valence-electron chi connectivity index (χ3n) is 3.10. The summed E-state index contributed by atoms with van der Waals surface area (Å²) >= 11 is 11.8. The maximum atomic E-state index is 13.4. The van der Waals surface area contributed by atoms with Gasteiger partial charge in [-0.15, -0.1) is 24.8 Å². The van der Waals surface area contributed by atoms with Gasteiger partial charge in [-0.25, -0.2) is 0 Å². The molecule has 0 aromatic heterocycles. The summed E-state index contributed by atoms with van der Waals surface area (Å²) in [5.74, 6) is 0. The SMILES string of the molecule is Cl.Cl.FC(F)(F)[C@H](c1c(Cl)cccc1Cl)N1CCNCC1. The molecule has 1 atom stereocenters. The van der Waals surface area contributed by atoms with Crippen LogP contribution in [0.1, 0.15) is 11.6 Å². The van der Waals surface area contributed by atoms with Crippen molar-refractivity contribution in [1.82, 2.24) is 10.2 Å². The second-order valence-corrected chi connectivity index (χ2v) is 5.18. The Bertz CT molecular complexity index is 430.